The number of ether oxygens (including phenoxy) is 2. The minimum Gasteiger partial charge on any atom is -0.508 e. The maximum absolute atomic E-state index is 18.9. The molecule has 2 amide bonds. The van der Waals surface area contributed by atoms with Crippen molar-refractivity contribution in [3.8, 4) is 11.5 Å². The number of rotatable bonds is 12. The van der Waals surface area contributed by atoms with Gasteiger partial charge in [-0.15, -0.1) is 0 Å². The van der Waals surface area contributed by atoms with Gasteiger partial charge in [-0.05, 0) is 29.7 Å². The summed E-state index contributed by atoms with van der Waals surface area (Å²) in [5, 5.41) is 13.3. The molecular formula is C35H43F2N3O7Si. The van der Waals surface area contributed by atoms with Crippen LogP contribution in [0.4, 0.5) is 13.6 Å². The molecule has 3 aromatic carbocycles. The van der Waals surface area contributed by atoms with Crippen LogP contribution in [0.3, 0.4) is 0 Å². The van der Waals surface area contributed by atoms with Gasteiger partial charge in [0, 0.05) is 30.1 Å². The van der Waals surface area contributed by atoms with E-state index in [-0.39, 0.29) is 30.9 Å². The molecule has 48 heavy (non-hydrogen) atoms. The number of aromatic hydroxyl groups is 1. The topological polar surface area (TPSA) is 126 Å². The van der Waals surface area contributed by atoms with E-state index in [1.54, 1.807) is 30.3 Å². The number of benzene rings is 3. The highest BCUT2D eigenvalue weighted by Gasteiger charge is 2.68. The summed E-state index contributed by atoms with van der Waals surface area (Å²) >= 11 is 0. The molecule has 0 aliphatic carbocycles. The van der Waals surface area contributed by atoms with Gasteiger partial charge in [-0.3, -0.25) is 19.4 Å². The average Bonchev–Trinajstić information content (AvgIpc) is 3.08. The van der Waals surface area contributed by atoms with Crippen LogP contribution in [0.25, 0.3) is 0 Å². The van der Waals surface area contributed by atoms with Gasteiger partial charge in [0.1, 0.15) is 24.7 Å². The largest absolute Gasteiger partial charge is 0.508 e. The molecule has 0 bridgehead atoms. The van der Waals surface area contributed by atoms with Gasteiger partial charge in [0.2, 0.25) is 11.6 Å². The number of unbranched alkanes of at least 4 members (excludes halogenated alkanes) is 1. The minimum absolute atomic E-state index is 0.0463. The van der Waals surface area contributed by atoms with Gasteiger partial charge in [0.05, 0.1) is 6.30 Å². The summed E-state index contributed by atoms with van der Waals surface area (Å²) in [5.41, 5.74) is -2.03. The third-order valence-corrected chi connectivity index (χ3v) is 12.2. The van der Waals surface area contributed by atoms with E-state index in [9.17, 15) is 19.5 Å². The zero-order valence-electron chi connectivity index (χ0n) is 27.6. The van der Waals surface area contributed by atoms with Gasteiger partial charge in [-0.1, -0.05) is 94.4 Å². The number of hydrogen-bond donors (Lipinski definition) is 3. The Morgan fingerprint density at radius 3 is 2.27 bits per heavy atom. The van der Waals surface area contributed by atoms with Crippen molar-refractivity contribution in [2.75, 3.05) is 12.5 Å². The fraction of sp³-hybridized carbons (Fsp3) is 0.400. The molecule has 0 radical (unpaired) electrons. The Morgan fingerprint density at radius 1 is 1.06 bits per heavy atom. The van der Waals surface area contributed by atoms with Crippen LogP contribution in [-0.2, 0) is 37.8 Å². The molecule has 2 unspecified atom stereocenters. The summed E-state index contributed by atoms with van der Waals surface area (Å²) in [6.45, 7) is 6.11. The van der Waals surface area contributed by atoms with E-state index in [1.165, 1.54) is 32.5 Å². The number of hydrogen-bond acceptors (Lipinski definition) is 8. The maximum atomic E-state index is 18.9. The Labute approximate surface area is 280 Å². The van der Waals surface area contributed by atoms with Crippen molar-refractivity contribution >= 4 is 26.0 Å². The van der Waals surface area contributed by atoms with E-state index in [0.29, 0.717) is 23.3 Å². The first-order valence-electron chi connectivity index (χ1n) is 15.9. The second-order valence-electron chi connectivity index (χ2n) is 12.5. The molecule has 1 fully saturated rings. The average molecular weight is 684 g/mol. The summed E-state index contributed by atoms with van der Waals surface area (Å²) in [7, 11) is -4.15. The SMILES string of the molecule is CCCCC(=O)N1C(F)(c2cc(O)cc(OCc3ccccc3)c2)[Si](C)(CF)CNOC(=O)[C@@]1(NC(=O)OCc1ccccc1)C(C)C. The highest BCUT2D eigenvalue weighted by Crippen LogP contribution is 2.48. The Morgan fingerprint density at radius 2 is 1.69 bits per heavy atom. The van der Waals surface area contributed by atoms with E-state index < -0.39 is 61.3 Å². The third-order valence-electron chi connectivity index (χ3n) is 8.55. The van der Waals surface area contributed by atoms with Crippen molar-refractivity contribution < 1.29 is 42.6 Å². The van der Waals surface area contributed by atoms with E-state index in [4.69, 9.17) is 14.3 Å². The number of amides is 2. The second kappa shape index (κ2) is 15.6. The zero-order chi connectivity index (χ0) is 35.0. The number of phenols is 1. The van der Waals surface area contributed by atoms with Crippen molar-refractivity contribution in [3.05, 3.63) is 95.6 Å². The van der Waals surface area contributed by atoms with Gasteiger partial charge in [-0.2, -0.15) is 5.48 Å². The molecule has 3 N–H and O–H groups in total. The molecule has 13 heteroatoms. The maximum Gasteiger partial charge on any atom is 0.409 e. The van der Waals surface area contributed by atoms with Crippen molar-refractivity contribution in [3.63, 3.8) is 0 Å². The second-order valence-corrected chi connectivity index (χ2v) is 16.9. The summed E-state index contributed by atoms with van der Waals surface area (Å²) in [6, 6.07) is 21.5. The number of nitrogens with one attached hydrogen (secondary N) is 2. The molecule has 1 aliphatic heterocycles. The fourth-order valence-corrected chi connectivity index (χ4v) is 8.32. The molecular weight excluding hydrogens is 640 g/mol. The van der Waals surface area contributed by atoms with E-state index in [0.717, 1.165) is 11.6 Å². The van der Waals surface area contributed by atoms with Gasteiger partial charge in [0.25, 0.3) is 0 Å². The lowest BCUT2D eigenvalue weighted by Crippen LogP contribution is -2.81. The minimum atomic E-state index is -4.15. The molecule has 1 saturated heterocycles. The molecule has 3 atom stereocenters. The lowest BCUT2D eigenvalue weighted by Gasteiger charge is -2.56. The molecule has 0 aromatic heterocycles. The van der Waals surface area contributed by atoms with Crippen LogP contribution in [0.5, 0.6) is 11.5 Å². The monoisotopic (exact) mass is 683 g/mol. The molecule has 0 saturated carbocycles. The van der Waals surface area contributed by atoms with Crippen LogP contribution in [0.15, 0.2) is 78.9 Å². The predicted octanol–water partition coefficient (Wildman–Crippen LogP) is 6.12. The fourth-order valence-electron chi connectivity index (χ4n) is 5.74. The number of halogens is 2. The quantitative estimate of drug-likeness (QED) is 0.154. The summed E-state index contributed by atoms with van der Waals surface area (Å²) in [5.74, 6) is -3.45. The number of alkyl halides is 2. The first-order valence-corrected chi connectivity index (χ1v) is 18.8. The lowest BCUT2D eigenvalue weighted by molar-refractivity contribution is -0.194. The van der Waals surface area contributed by atoms with Gasteiger partial charge in [0.15, 0.2) is 13.5 Å². The molecule has 3 aromatic rings. The molecule has 1 heterocycles. The van der Waals surface area contributed by atoms with Crippen molar-refractivity contribution in [2.45, 2.75) is 70.9 Å². The lowest BCUT2D eigenvalue weighted by atomic mass is 9.91. The van der Waals surface area contributed by atoms with Crippen LogP contribution in [0, 0.1) is 5.92 Å². The Balaban J connectivity index is 1.91. The van der Waals surface area contributed by atoms with E-state index in [1.807, 2.05) is 37.3 Å². The zero-order valence-corrected chi connectivity index (χ0v) is 28.6. The van der Waals surface area contributed by atoms with Crippen LogP contribution in [-0.4, -0.2) is 54.2 Å². The normalized spacial score (nSPS) is 22.7. The van der Waals surface area contributed by atoms with Crippen LogP contribution in [0.2, 0.25) is 6.55 Å². The summed E-state index contributed by atoms with van der Waals surface area (Å²) in [6.07, 6.45) is -2.16. The number of nitrogens with zero attached hydrogens (tertiary/aromatic N) is 1. The van der Waals surface area contributed by atoms with Crippen molar-refractivity contribution in [1.82, 2.24) is 15.7 Å². The Bertz CT molecular complexity index is 1570. The summed E-state index contributed by atoms with van der Waals surface area (Å²) in [4.78, 5) is 47.9. The first kappa shape index (κ1) is 36.3. The molecule has 0 spiro atoms. The summed E-state index contributed by atoms with van der Waals surface area (Å²) < 4.78 is 45.7. The van der Waals surface area contributed by atoms with E-state index >= 15 is 8.78 Å². The molecule has 258 valence electrons. The molecule has 1 aliphatic rings. The number of hydroxylamine groups is 1. The van der Waals surface area contributed by atoms with Gasteiger partial charge >= 0.3 is 12.1 Å². The highest BCUT2D eigenvalue weighted by atomic mass is 28.3. The highest BCUT2D eigenvalue weighted by molar-refractivity contribution is 6.81. The molecule has 10 nitrogen and oxygen atoms in total. The Kier molecular flexibility index (Phi) is 11.8. The first-order chi connectivity index (χ1) is 22.9. The Hall–Kier alpha value is -4.49. The molecule has 4 rings (SSSR count). The smallest absolute Gasteiger partial charge is 0.409 e. The number of alkyl carbamates (subject to hydrolysis) is 1. The van der Waals surface area contributed by atoms with Crippen molar-refractivity contribution in [1.29, 1.82) is 0 Å². The number of carbonyl (C=O) groups is 3. The van der Waals surface area contributed by atoms with Crippen LogP contribution < -0.4 is 15.5 Å². The van der Waals surface area contributed by atoms with Crippen molar-refractivity contribution in [2.24, 2.45) is 5.92 Å². The third kappa shape index (κ3) is 7.47. The number of carbonyl (C=O) groups excluding carboxylic acids is 3. The van der Waals surface area contributed by atoms with Crippen LogP contribution in [0.1, 0.15) is 56.7 Å². The van der Waals surface area contributed by atoms with E-state index in [2.05, 4.69) is 10.8 Å². The van der Waals surface area contributed by atoms with Gasteiger partial charge in [-0.25, -0.2) is 14.0 Å². The standard InChI is InChI=1S/C35H43F2N3O7Si/c1-5-6-17-31(42)40-34(25(2)3,39-33(44)46-22-27-15-11-8-12-16-27)32(43)47-38-24-48(4,23-36)35(40,37)28-18-29(41)20-30(19-28)45-21-26-13-9-7-10-14-26/h7-16,18-20,25,38,41H,5-6,17,21-24H2,1-4H3,(H,39,44)/t34-,35?,48?/m1/s1. The predicted molar refractivity (Wildman–Crippen MR) is 177 cm³/mol. The number of phenolic OH excluding ortho intramolecular Hbond substituents is 1. The van der Waals surface area contributed by atoms with Crippen LogP contribution >= 0.6 is 0 Å². The van der Waals surface area contributed by atoms with Gasteiger partial charge < -0.3 is 19.4 Å².